The lowest BCUT2D eigenvalue weighted by Gasteiger charge is -2.08. The predicted octanol–water partition coefficient (Wildman–Crippen LogP) is 2.54. The van der Waals surface area contributed by atoms with E-state index < -0.39 is 0 Å². The van der Waals surface area contributed by atoms with Crippen LogP contribution in [0.25, 0.3) is 0 Å². The molecule has 0 radical (unpaired) electrons. The van der Waals surface area contributed by atoms with E-state index in [0.29, 0.717) is 18.1 Å². The number of aromatic nitrogens is 1. The molecule has 0 bridgehead atoms. The van der Waals surface area contributed by atoms with Crippen LogP contribution in [0.1, 0.15) is 11.3 Å². The maximum Gasteiger partial charge on any atom is 0.182 e. The number of hydrogen-bond donors (Lipinski definition) is 0. The monoisotopic (exact) mass is 240 g/mol. The molecular formula is C14H12N2O2. The zero-order valence-corrected chi connectivity index (χ0v) is 9.96. The molecule has 2 rings (SSSR count). The molecule has 90 valence electrons. The summed E-state index contributed by atoms with van der Waals surface area (Å²) in [6.45, 7) is 0.373. The van der Waals surface area contributed by atoms with Gasteiger partial charge in [-0.2, -0.15) is 5.26 Å². The molecule has 1 aromatic carbocycles. The summed E-state index contributed by atoms with van der Waals surface area (Å²) in [6.07, 6.45) is 1.57. The molecule has 0 unspecified atom stereocenters. The highest BCUT2D eigenvalue weighted by Crippen LogP contribution is 2.18. The second kappa shape index (κ2) is 5.69. The van der Waals surface area contributed by atoms with E-state index >= 15 is 0 Å². The van der Waals surface area contributed by atoms with Crippen molar-refractivity contribution in [2.45, 2.75) is 6.61 Å². The molecule has 0 amide bonds. The fraction of sp³-hybridized carbons (Fsp3) is 0.143. The maximum absolute atomic E-state index is 8.89. The van der Waals surface area contributed by atoms with Crippen LogP contribution in [-0.4, -0.2) is 12.1 Å². The first kappa shape index (κ1) is 11.9. The van der Waals surface area contributed by atoms with Gasteiger partial charge >= 0.3 is 0 Å². The molecule has 0 saturated heterocycles. The van der Waals surface area contributed by atoms with Crippen molar-refractivity contribution in [3.05, 3.63) is 53.9 Å². The summed E-state index contributed by atoms with van der Waals surface area (Å²) >= 11 is 0. The van der Waals surface area contributed by atoms with Crippen LogP contribution < -0.4 is 9.47 Å². The summed E-state index contributed by atoms with van der Waals surface area (Å²) in [5.41, 5.74) is 1.27. The van der Waals surface area contributed by atoms with Crippen LogP contribution in [0.2, 0.25) is 0 Å². The lowest BCUT2D eigenvalue weighted by atomic mass is 10.2. The van der Waals surface area contributed by atoms with Crippen LogP contribution in [0.3, 0.4) is 0 Å². The highest BCUT2D eigenvalue weighted by Gasteiger charge is 2.04. The zero-order valence-electron chi connectivity index (χ0n) is 9.96. The van der Waals surface area contributed by atoms with Crippen molar-refractivity contribution in [2.75, 3.05) is 7.11 Å². The molecule has 0 fully saturated rings. The van der Waals surface area contributed by atoms with E-state index in [1.54, 1.807) is 25.4 Å². The van der Waals surface area contributed by atoms with E-state index in [1.807, 2.05) is 30.3 Å². The second-order valence-corrected chi connectivity index (χ2v) is 3.60. The largest absolute Gasteiger partial charge is 0.497 e. The molecule has 0 aliphatic rings. The Morgan fingerprint density at radius 1 is 1.28 bits per heavy atom. The third kappa shape index (κ3) is 2.77. The summed E-state index contributed by atoms with van der Waals surface area (Å²) in [5, 5.41) is 8.89. The molecule has 0 atom stereocenters. The first-order chi connectivity index (χ1) is 8.83. The molecule has 1 heterocycles. The molecule has 0 saturated carbocycles. The quantitative estimate of drug-likeness (QED) is 0.824. The first-order valence-electron chi connectivity index (χ1n) is 5.44. The number of rotatable bonds is 4. The molecular weight excluding hydrogens is 228 g/mol. The van der Waals surface area contributed by atoms with Crippen molar-refractivity contribution in [3.63, 3.8) is 0 Å². The second-order valence-electron chi connectivity index (χ2n) is 3.60. The van der Waals surface area contributed by atoms with Crippen molar-refractivity contribution >= 4 is 0 Å². The SMILES string of the molecule is COc1cccc(COc2cccnc2C#N)c1. The third-order valence-corrected chi connectivity index (χ3v) is 2.41. The number of nitrogens with zero attached hydrogens (tertiary/aromatic N) is 2. The number of methoxy groups -OCH3 is 1. The maximum atomic E-state index is 8.89. The van der Waals surface area contributed by atoms with Crippen molar-refractivity contribution in [1.29, 1.82) is 5.26 Å². The topological polar surface area (TPSA) is 55.1 Å². The minimum Gasteiger partial charge on any atom is -0.497 e. The summed E-state index contributed by atoms with van der Waals surface area (Å²) in [7, 11) is 1.62. The van der Waals surface area contributed by atoms with Gasteiger partial charge in [-0.25, -0.2) is 4.98 Å². The van der Waals surface area contributed by atoms with Gasteiger partial charge in [0, 0.05) is 6.20 Å². The van der Waals surface area contributed by atoms with Crippen molar-refractivity contribution in [1.82, 2.24) is 4.98 Å². The smallest absolute Gasteiger partial charge is 0.182 e. The molecule has 0 aliphatic carbocycles. The summed E-state index contributed by atoms with van der Waals surface area (Å²) in [5.74, 6) is 1.27. The standard InChI is InChI=1S/C14H12N2O2/c1-17-12-5-2-4-11(8-12)10-18-14-6-3-7-16-13(14)9-15/h2-8H,10H2,1H3. The molecule has 0 N–H and O–H groups in total. The van der Waals surface area contributed by atoms with E-state index in [9.17, 15) is 0 Å². The average Bonchev–Trinajstić information content (AvgIpc) is 2.45. The van der Waals surface area contributed by atoms with E-state index in [2.05, 4.69) is 4.98 Å². The lowest BCUT2D eigenvalue weighted by Crippen LogP contribution is -1.98. The van der Waals surface area contributed by atoms with E-state index in [1.165, 1.54) is 0 Å². The number of benzene rings is 1. The average molecular weight is 240 g/mol. The Morgan fingerprint density at radius 2 is 2.17 bits per heavy atom. The van der Waals surface area contributed by atoms with Gasteiger partial charge in [0.05, 0.1) is 7.11 Å². The number of pyridine rings is 1. The Morgan fingerprint density at radius 3 is 2.94 bits per heavy atom. The Labute approximate surface area is 105 Å². The molecule has 0 spiro atoms. The van der Waals surface area contributed by atoms with E-state index in [-0.39, 0.29) is 0 Å². The van der Waals surface area contributed by atoms with Gasteiger partial charge in [-0.15, -0.1) is 0 Å². The van der Waals surface area contributed by atoms with Crippen LogP contribution in [0.5, 0.6) is 11.5 Å². The van der Waals surface area contributed by atoms with E-state index in [0.717, 1.165) is 11.3 Å². The van der Waals surface area contributed by atoms with Crippen molar-refractivity contribution in [2.24, 2.45) is 0 Å². The van der Waals surface area contributed by atoms with Gasteiger partial charge in [0.2, 0.25) is 0 Å². The van der Waals surface area contributed by atoms with Gasteiger partial charge < -0.3 is 9.47 Å². The van der Waals surface area contributed by atoms with Crippen LogP contribution in [0.15, 0.2) is 42.6 Å². The summed E-state index contributed by atoms with van der Waals surface area (Å²) in [4.78, 5) is 3.93. The van der Waals surface area contributed by atoms with Gasteiger partial charge in [-0.1, -0.05) is 12.1 Å². The van der Waals surface area contributed by atoms with Crippen molar-refractivity contribution < 1.29 is 9.47 Å². The van der Waals surface area contributed by atoms with E-state index in [4.69, 9.17) is 14.7 Å². The van der Waals surface area contributed by atoms with Crippen LogP contribution in [0.4, 0.5) is 0 Å². The third-order valence-electron chi connectivity index (χ3n) is 2.41. The first-order valence-corrected chi connectivity index (χ1v) is 5.44. The highest BCUT2D eigenvalue weighted by molar-refractivity contribution is 5.36. The number of ether oxygens (including phenoxy) is 2. The van der Waals surface area contributed by atoms with Gasteiger partial charge in [0.15, 0.2) is 11.4 Å². The van der Waals surface area contributed by atoms with Crippen molar-refractivity contribution in [3.8, 4) is 17.6 Å². The minimum atomic E-state index is 0.292. The fourth-order valence-electron chi connectivity index (χ4n) is 1.51. The van der Waals surface area contributed by atoms with Gasteiger partial charge in [0.1, 0.15) is 18.4 Å². The Kier molecular flexibility index (Phi) is 3.77. The summed E-state index contributed by atoms with van der Waals surface area (Å²) < 4.78 is 10.7. The Bertz CT molecular complexity index is 576. The Balaban J connectivity index is 2.09. The molecule has 1 aromatic heterocycles. The number of nitriles is 1. The van der Waals surface area contributed by atoms with Gasteiger partial charge in [-0.3, -0.25) is 0 Å². The van der Waals surface area contributed by atoms with Gasteiger partial charge in [-0.05, 0) is 29.8 Å². The molecule has 4 nitrogen and oxygen atoms in total. The molecule has 18 heavy (non-hydrogen) atoms. The fourth-order valence-corrected chi connectivity index (χ4v) is 1.51. The molecule has 0 aliphatic heterocycles. The minimum absolute atomic E-state index is 0.292. The van der Waals surface area contributed by atoms with Crippen LogP contribution >= 0.6 is 0 Å². The number of hydrogen-bond acceptors (Lipinski definition) is 4. The molecule has 2 aromatic rings. The normalized spacial score (nSPS) is 9.56. The lowest BCUT2D eigenvalue weighted by molar-refractivity contribution is 0.303. The Hall–Kier alpha value is -2.54. The van der Waals surface area contributed by atoms with Crippen LogP contribution in [-0.2, 0) is 6.61 Å². The zero-order chi connectivity index (χ0) is 12.8. The highest BCUT2D eigenvalue weighted by atomic mass is 16.5. The predicted molar refractivity (Wildman–Crippen MR) is 66.3 cm³/mol. The molecule has 4 heteroatoms. The van der Waals surface area contributed by atoms with Gasteiger partial charge in [0.25, 0.3) is 0 Å². The van der Waals surface area contributed by atoms with Crippen LogP contribution in [0, 0.1) is 11.3 Å². The summed E-state index contributed by atoms with van der Waals surface area (Å²) in [6, 6.07) is 13.1.